The molecular formula is C20H25FN4. The van der Waals surface area contributed by atoms with Gasteiger partial charge in [-0.2, -0.15) is 0 Å². The van der Waals surface area contributed by atoms with Gasteiger partial charge in [0.1, 0.15) is 5.82 Å². The van der Waals surface area contributed by atoms with E-state index in [1.54, 1.807) is 0 Å². The Balaban J connectivity index is 1.80. The summed E-state index contributed by atoms with van der Waals surface area (Å²) in [4.78, 5) is 12.2. The monoisotopic (exact) mass is 340 g/mol. The summed E-state index contributed by atoms with van der Waals surface area (Å²) in [6.45, 7) is 3.79. The first-order chi connectivity index (χ1) is 12.3. The third kappa shape index (κ3) is 3.66. The molecule has 1 aromatic carbocycles. The van der Waals surface area contributed by atoms with Crippen LogP contribution in [0.25, 0.3) is 11.3 Å². The van der Waals surface area contributed by atoms with E-state index in [2.05, 4.69) is 10.2 Å². The number of aryl methyl sites for hydroxylation is 1. The highest BCUT2D eigenvalue weighted by atomic mass is 19.1. The first-order valence-corrected chi connectivity index (χ1v) is 9.43. The van der Waals surface area contributed by atoms with Crippen molar-refractivity contribution in [3.05, 3.63) is 41.3 Å². The highest BCUT2D eigenvalue weighted by molar-refractivity contribution is 5.65. The maximum absolute atomic E-state index is 13.4. The van der Waals surface area contributed by atoms with Crippen LogP contribution < -0.4 is 10.2 Å². The molecule has 0 atom stereocenters. The van der Waals surface area contributed by atoms with Crippen LogP contribution in [0.3, 0.4) is 0 Å². The van der Waals surface area contributed by atoms with E-state index in [1.165, 1.54) is 49.1 Å². The van der Waals surface area contributed by atoms with Crippen molar-refractivity contribution in [1.82, 2.24) is 15.3 Å². The van der Waals surface area contributed by atoms with Crippen molar-refractivity contribution in [3.63, 3.8) is 0 Å². The minimum atomic E-state index is -0.206. The average molecular weight is 340 g/mol. The Labute approximate surface area is 148 Å². The summed E-state index contributed by atoms with van der Waals surface area (Å²) < 4.78 is 13.4. The molecule has 1 N–H and O–H groups in total. The predicted octanol–water partition coefficient (Wildman–Crippen LogP) is 3.35. The first-order valence-electron chi connectivity index (χ1n) is 9.43. The summed E-state index contributed by atoms with van der Waals surface area (Å²) >= 11 is 0. The SMILES string of the molecule is Fc1ccc(-c2nc(N3CCNCC3)nc3c2CCCCCC3)cc1. The van der Waals surface area contributed by atoms with Gasteiger partial charge < -0.3 is 10.2 Å². The Bertz CT molecular complexity index is 723. The van der Waals surface area contributed by atoms with E-state index in [4.69, 9.17) is 9.97 Å². The van der Waals surface area contributed by atoms with Crippen LogP contribution in [0.1, 0.15) is 36.9 Å². The van der Waals surface area contributed by atoms with E-state index in [0.29, 0.717) is 0 Å². The standard InChI is InChI=1S/C20H25FN4/c21-16-9-7-15(8-10-16)19-17-5-3-1-2-4-6-18(17)23-20(24-19)25-13-11-22-12-14-25/h7-10,22H,1-6,11-14H2. The molecule has 0 saturated carbocycles. The fourth-order valence-corrected chi connectivity index (χ4v) is 3.79. The molecule has 1 saturated heterocycles. The van der Waals surface area contributed by atoms with Gasteiger partial charge in [-0.1, -0.05) is 12.8 Å². The van der Waals surface area contributed by atoms with Gasteiger partial charge in [0.05, 0.1) is 5.69 Å². The largest absolute Gasteiger partial charge is 0.338 e. The highest BCUT2D eigenvalue weighted by Crippen LogP contribution is 2.30. The van der Waals surface area contributed by atoms with Gasteiger partial charge in [-0.05, 0) is 49.9 Å². The minimum Gasteiger partial charge on any atom is -0.338 e. The predicted molar refractivity (Wildman–Crippen MR) is 98.4 cm³/mol. The van der Waals surface area contributed by atoms with E-state index in [1.807, 2.05) is 12.1 Å². The van der Waals surface area contributed by atoms with Gasteiger partial charge in [-0.15, -0.1) is 0 Å². The molecule has 1 aliphatic carbocycles. The zero-order valence-corrected chi connectivity index (χ0v) is 14.6. The quantitative estimate of drug-likeness (QED) is 0.910. The van der Waals surface area contributed by atoms with Crippen LogP contribution in [0.2, 0.25) is 0 Å². The molecule has 25 heavy (non-hydrogen) atoms. The van der Waals surface area contributed by atoms with Crippen LogP contribution in [0.5, 0.6) is 0 Å². The van der Waals surface area contributed by atoms with Crippen molar-refractivity contribution in [3.8, 4) is 11.3 Å². The van der Waals surface area contributed by atoms with E-state index in [9.17, 15) is 4.39 Å². The summed E-state index contributed by atoms with van der Waals surface area (Å²) in [6.07, 6.45) is 6.94. The molecule has 1 aromatic heterocycles. The number of aromatic nitrogens is 2. The molecule has 1 fully saturated rings. The zero-order chi connectivity index (χ0) is 17.1. The molecule has 0 radical (unpaired) electrons. The maximum Gasteiger partial charge on any atom is 0.226 e. The second kappa shape index (κ2) is 7.48. The highest BCUT2D eigenvalue weighted by Gasteiger charge is 2.21. The van der Waals surface area contributed by atoms with Crippen LogP contribution in [0, 0.1) is 5.82 Å². The summed E-state index contributed by atoms with van der Waals surface area (Å²) in [7, 11) is 0. The van der Waals surface area contributed by atoms with Gasteiger partial charge in [0.25, 0.3) is 0 Å². The molecule has 0 amide bonds. The molecule has 2 aromatic rings. The van der Waals surface area contributed by atoms with Crippen LogP contribution in [0.15, 0.2) is 24.3 Å². The second-order valence-corrected chi connectivity index (χ2v) is 6.96. The topological polar surface area (TPSA) is 41.1 Å². The van der Waals surface area contributed by atoms with Gasteiger partial charge in [0.2, 0.25) is 5.95 Å². The molecule has 132 valence electrons. The molecule has 4 rings (SSSR count). The average Bonchev–Trinajstić information content (AvgIpc) is 2.63. The second-order valence-electron chi connectivity index (χ2n) is 6.96. The smallest absolute Gasteiger partial charge is 0.226 e. The molecule has 0 unspecified atom stereocenters. The van der Waals surface area contributed by atoms with E-state index in [0.717, 1.165) is 56.2 Å². The van der Waals surface area contributed by atoms with E-state index < -0.39 is 0 Å². The molecular weight excluding hydrogens is 315 g/mol. The minimum absolute atomic E-state index is 0.206. The Hall–Kier alpha value is -2.01. The van der Waals surface area contributed by atoms with Crippen LogP contribution >= 0.6 is 0 Å². The lowest BCUT2D eigenvalue weighted by Crippen LogP contribution is -2.44. The van der Waals surface area contributed by atoms with Gasteiger partial charge >= 0.3 is 0 Å². The lowest BCUT2D eigenvalue weighted by molar-refractivity contribution is 0.573. The lowest BCUT2D eigenvalue weighted by atomic mass is 9.93. The third-order valence-corrected chi connectivity index (χ3v) is 5.19. The molecule has 0 spiro atoms. The van der Waals surface area contributed by atoms with Crippen molar-refractivity contribution in [1.29, 1.82) is 0 Å². The van der Waals surface area contributed by atoms with Gasteiger partial charge in [0, 0.05) is 43.0 Å². The summed E-state index contributed by atoms with van der Waals surface area (Å²) in [5.41, 5.74) is 4.46. The fourth-order valence-electron chi connectivity index (χ4n) is 3.79. The van der Waals surface area contributed by atoms with Gasteiger partial charge in [-0.3, -0.25) is 0 Å². The first kappa shape index (κ1) is 16.5. The lowest BCUT2D eigenvalue weighted by Gasteiger charge is -2.29. The van der Waals surface area contributed by atoms with Crippen LogP contribution in [0.4, 0.5) is 10.3 Å². The van der Waals surface area contributed by atoms with E-state index >= 15 is 0 Å². The number of halogens is 1. The number of rotatable bonds is 2. The number of hydrogen-bond donors (Lipinski definition) is 1. The number of fused-ring (bicyclic) bond motifs is 1. The Morgan fingerprint density at radius 1 is 0.880 bits per heavy atom. The van der Waals surface area contributed by atoms with E-state index in [-0.39, 0.29) is 5.82 Å². The molecule has 1 aliphatic heterocycles. The summed E-state index contributed by atoms with van der Waals surface area (Å²) in [5, 5.41) is 3.38. The number of nitrogens with one attached hydrogen (secondary N) is 1. The molecule has 5 heteroatoms. The maximum atomic E-state index is 13.4. The van der Waals surface area contributed by atoms with Crippen molar-refractivity contribution >= 4 is 5.95 Å². The number of nitrogens with zero attached hydrogens (tertiary/aromatic N) is 3. The number of piperazine rings is 1. The molecule has 2 aliphatic rings. The Kier molecular flexibility index (Phi) is 4.92. The number of hydrogen-bond acceptors (Lipinski definition) is 4. The number of benzene rings is 1. The number of anilines is 1. The Morgan fingerprint density at radius 2 is 1.60 bits per heavy atom. The van der Waals surface area contributed by atoms with Gasteiger partial charge in [0.15, 0.2) is 0 Å². The van der Waals surface area contributed by atoms with Crippen LogP contribution in [-0.2, 0) is 12.8 Å². The Morgan fingerprint density at radius 3 is 2.36 bits per heavy atom. The summed E-state index contributed by atoms with van der Waals surface area (Å²) in [6, 6.07) is 6.74. The van der Waals surface area contributed by atoms with Crippen LogP contribution in [-0.4, -0.2) is 36.1 Å². The normalized spacial score (nSPS) is 18.4. The van der Waals surface area contributed by atoms with Crippen molar-refractivity contribution in [2.45, 2.75) is 38.5 Å². The molecule has 0 bridgehead atoms. The third-order valence-electron chi connectivity index (χ3n) is 5.19. The zero-order valence-electron chi connectivity index (χ0n) is 14.6. The molecule has 2 heterocycles. The van der Waals surface area contributed by atoms with Gasteiger partial charge in [-0.25, -0.2) is 14.4 Å². The van der Waals surface area contributed by atoms with Crippen molar-refractivity contribution < 1.29 is 4.39 Å². The van der Waals surface area contributed by atoms with Crippen molar-refractivity contribution in [2.24, 2.45) is 0 Å². The van der Waals surface area contributed by atoms with Crippen molar-refractivity contribution in [2.75, 3.05) is 31.1 Å². The fraction of sp³-hybridized carbons (Fsp3) is 0.500. The molecule has 4 nitrogen and oxygen atoms in total. The summed E-state index contributed by atoms with van der Waals surface area (Å²) in [5.74, 6) is 0.628.